The van der Waals surface area contributed by atoms with Crippen molar-refractivity contribution in [1.82, 2.24) is 9.88 Å². The number of nitrogens with zero attached hydrogens (tertiary/aromatic N) is 2. The molecule has 0 saturated heterocycles. The first-order valence-corrected chi connectivity index (χ1v) is 6.88. The Morgan fingerprint density at radius 3 is 2.30 bits per heavy atom. The standard InChI is InChI=1S/C15H13ClF3N3O/c1-22(2)14(23)9-3-5-11(6-4-9)21-13-12(16)7-10(8-20-13)15(17,18)19/h3-8H,1-2H3,(H,20,21). The second kappa shape index (κ2) is 6.45. The molecule has 2 rings (SSSR count). The Labute approximate surface area is 135 Å². The van der Waals surface area contributed by atoms with Crippen LogP contribution in [0.4, 0.5) is 24.7 Å². The molecule has 1 amide bonds. The van der Waals surface area contributed by atoms with Crippen LogP contribution in [-0.2, 0) is 6.18 Å². The van der Waals surface area contributed by atoms with Crippen molar-refractivity contribution in [2.24, 2.45) is 0 Å². The SMILES string of the molecule is CN(C)C(=O)c1ccc(Nc2ncc(C(F)(F)F)cc2Cl)cc1. The molecule has 1 N–H and O–H groups in total. The van der Waals surface area contributed by atoms with Crippen LogP contribution in [0.3, 0.4) is 0 Å². The number of amides is 1. The molecule has 0 radical (unpaired) electrons. The Kier molecular flexibility index (Phi) is 4.79. The first-order valence-electron chi connectivity index (χ1n) is 6.50. The van der Waals surface area contributed by atoms with E-state index in [0.717, 1.165) is 6.07 Å². The van der Waals surface area contributed by atoms with E-state index in [4.69, 9.17) is 11.6 Å². The van der Waals surface area contributed by atoms with E-state index >= 15 is 0 Å². The predicted octanol–water partition coefficient (Wildman–Crippen LogP) is 4.20. The van der Waals surface area contributed by atoms with Crippen molar-refractivity contribution in [1.29, 1.82) is 0 Å². The van der Waals surface area contributed by atoms with Gasteiger partial charge in [0.2, 0.25) is 0 Å². The van der Waals surface area contributed by atoms with Crippen LogP contribution in [0, 0.1) is 0 Å². The topological polar surface area (TPSA) is 45.2 Å². The van der Waals surface area contributed by atoms with E-state index in [-0.39, 0.29) is 16.7 Å². The highest BCUT2D eigenvalue weighted by atomic mass is 35.5. The zero-order chi connectivity index (χ0) is 17.2. The predicted molar refractivity (Wildman–Crippen MR) is 82.0 cm³/mol. The minimum atomic E-state index is -4.50. The number of carbonyl (C=O) groups is 1. The van der Waals surface area contributed by atoms with Gasteiger partial charge in [0, 0.05) is 31.5 Å². The summed E-state index contributed by atoms with van der Waals surface area (Å²) in [6.45, 7) is 0. The number of halogens is 4. The Bertz CT molecular complexity index is 715. The molecule has 2 aromatic rings. The number of aromatic nitrogens is 1. The van der Waals surface area contributed by atoms with E-state index in [9.17, 15) is 18.0 Å². The van der Waals surface area contributed by atoms with Gasteiger partial charge in [-0.2, -0.15) is 13.2 Å². The van der Waals surface area contributed by atoms with Crippen LogP contribution in [0.2, 0.25) is 5.02 Å². The van der Waals surface area contributed by atoms with Gasteiger partial charge in [-0.1, -0.05) is 11.6 Å². The van der Waals surface area contributed by atoms with Gasteiger partial charge in [0.05, 0.1) is 10.6 Å². The molecule has 0 saturated carbocycles. The maximum Gasteiger partial charge on any atom is 0.417 e. The number of nitrogens with one attached hydrogen (secondary N) is 1. The third-order valence-corrected chi connectivity index (χ3v) is 3.26. The number of rotatable bonds is 3. The average Bonchev–Trinajstić information content (AvgIpc) is 2.48. The Hall–Kier alpha value is -2.28. The molecule has 23 heavy (non-hydrogen) atoms. The largest absolute Gasteiger partial charge is 0.417 e. The number of carbonyl (C=O) groups excluding carboxylic acids is 1. The third kappa shape index (κ3) is 4.13. The molecule has 0 atom stereocenters. The van der Waals surface area contributed by atoms with Crippen LogP contribution >= 0.6 is 11.6 Å². The van der Waals surface area contributed by atoms with Crippen LogP contribution in [0.15, 0.2) is 36.5 Å². The number of anilines is 2. The normalized spacial score (nSPS) is 11.2. The number of hydrogen-bond acceptors (Lipinski definition) is 3. The molecular formula is C15H13ClF3N3O. The van der Waals surface area contributed by atoms with Crippen molar-refractivity contribution >= 4 is 29.0 Å². The van der Waals surface area contributed by atoms with Crippen LogP contribution in [0.5, 0.6) is 0 Å². The lowest BCUT2D eigenvalue weighted by atomic mass is 10.2. The highest BCUT2D eigenvalue weighted by Crippen LogP contribution is 2.33. The highest BCUT2D eigenvalue weighted by Gasteiger charge is 2.31. The molecule has 0 unspecified atom stereocenters. The van der Waals surface area contributed by atoms with Crippen LogP contribution in [0.1, 0.15) is 15.9 Å². The second-order valence-electron chi connectivity index (χ2n) is 4.95. The average molecular weight is 344 g/mol. The van der Waals surface area contributed by atoms with Gasteiger partial charge in [-0.15, -0.1) is 0 Å². The van der Waals surface area contributed by atoms with E-state index in [1.807, 2.05) is 0 Å². The fraction of sp³-hybridized carbons (Fsp3) is 0.200. The molecule has 1 heterocycles. The molecular weight excluding hydrogens is 331 g/mol. The molecule has 1 aromatic carbocycles. The second-order valence-corrected chi connectivity index (χ2v) is 5.36. The minimum absolute atomic E-state index is 0.103. The van der Waals surface area contributed by atoms with Crippen molar-refractivity contribution in [3.63, 3.8) is 0 Å². The molecule has 0 bridgehead atoms. The summed E-state index contributed by atoms with van der Waals surface area (Å²) in [7, 11) is 3.28. The Morgan fingerprint density at radius 2 is 1.83 bits per heavy atom. The number of pyridine rings is 1. The first-order chi connectivity index (χ1) is 10.7. The van der Waals surface area contributed by atoms with Crippen molar-refractivity contribution < 1.29 is 18.0 Å². The summed E-state index contributed by atoms with van der Waals surface area (Å²) in [6.07, 6.45) is -3.79. The summed E-state index contributed by atoms with van der Waals surface area (Å²) in [5.41, 5.74) is 0.126. The number of alkyl halides is 3. The number of benzene rings is 1. The van der Waals surface area contributed by atoms with Crippen molar-refractivity contribution in [2.75, 3.05) is 19.4 Å². The van der Waals surface area contributed by atoms with Gasteiger partial charge in [-0.25, -0.2) is 4.98 Å². The Morgan fingerprint density at radius 1 is 1.22 bits per heavy atom. The maximum absolute atomic E-state index is 12.6. The molecule has 122 valence electrons. The van der Waals surface area contributed by atoms with Gasteiger partial charge >= 0.3 is 6.18 Å². The van der Waals surface area contributed by atoms with Gasteiger partial charge in [0.15, 0.2) is 0 Å². The van der Waals surface area contributed by atoms with Crippen molar-refractivity contribution in [3.8, 4) is 0 Å². The molecule has 4 nitrogen and oxygen atoms in total. The van der Waals surface area contributed by atoms with Gasteiger partial charge in [-0.05, 0) is 30.3 Å². The summed E-state index contributed by atoms with van der Waals surface area (Å²) in [5, 5.41) is 2.67. The zero-order valence-corrected chi connectivity index (χ0v) is 13.0. The monoisotopic (exact) mass is 343 g/mol. The Balaban J connectivity index is 2.18. The lowest BCUT2D eigenvalue weighted by molar-refractivity contribution is -0.137. The maximum atomic E-state index is 12.6. The molecule has 0 aliphatic rings. The van der Waals surface area contributed by atoms with Gasteiger partial charge in [0.25, 0.3) is 5.91 Å². The smallest absolute Gasteiger partial charge is 0.345 e. The lowest BCUT2D eigenvalue weighted by Crippen LogP contribution is -2.21. The molecule has 1 aromatic heterocycles. The van der Waals surface area contributed by atoms with E-state index in [1.54, 1.807) is 38.4 Å². The van der Waals surface area contributed by atoms with Crippen LogP contribution in [-0.4, -0.2) is 29.9 Å². The fourth-order valence-electron chi connectivity index (χ4n) is 1.78. The number of hydrogen-bond donors (Lipinski definition) is 1. The lowest BCUT2D eigenvalue weighted by Gasteiger charge is -2.12. The fourth-order valence-corrected chi connectivity index (χ4v) is 1.99. The van der Waals surface area contributed by atoms with E-state index < -0.39 is 11.7 Å². The van der Waals surface area contributed by atoms with Crippen molar-refractivity contribution in [2.45, 2.75) is 6.18 Å². The molecule has 8 heteroatoms. The zero-order valence-electron chi connectivity index (χ0n) is 12.3. The molecule has 0 fully saturated rings. The molecule has 0 aliphatic heterocycles. The van der Waals surface area contributed by atoms with Gasteiger partial charge < -0.3 is 10.2 Å². The van der Waals surface area contributed by atoms with Crippen LogP contribution < -0.4 is 5.32 Å². The summed E-state index contributed by atoms with van der Waals surface area (Å²) < 4.78 is 37.7. The van der Waals surface area contributed by atoms with E-state index in [1.165, 1.54) is 4.90 Å². The summed E-state index contributed by atoms with van der Waals surface area (Å²) in [5.74, 6) is -0.0476. The first kappa shape index (κ1) is 17.1. The summed E-state index contributed by atoms with van der Waals surface area (Å²) in [6, 6.07) is 7.24. The quantitative estimate of drug-likeness (QED) is 0.908. The van der Waals surface area contributed by atoms with Gasteiger partial charge in [-0.3, -0.25) is 4.79 Å². The van der Waals surface area contributed by atoms with E-state index in [0.29, 0.717) is 17.4 Å². The highest BCUT2D eigenvalue weighted by molar-refractivity contribution is 6.33. The third-order valence-electron chi connectivity index (χ3n) is 2.97. The summed E-state index contributed by atoms with van der Waals surface area (Å²) in [4.78, 5) is 16.9. The van der Waals surface area contributed by atoms with Crippen LogP contribution in [0.25, 0.3) is 0 Å². The van der Waals surface area contributed by atoms with Gasteiger partial charge in [0.1, 0.15) is 5.82 Å². The van der Waals surface area contributed by atoms with Crippen molar-refractivity contribution in [3.05, 3.63) is 52.7 Å². The van der Waals surface area contributed by atoms with E-state index in [2.05, 4.69) is 10.3 Å². The summed E-state index contributed by atoms with van der Waals surface area (Å²) >= 11 is 5.82. The molecule has 0 spiro atoms. The minimum Gasteiger partial charge on any atom is -0.345 e. The molecule has 0 aliphatic carbocycles.